The van der Waals surface area contributed by atoms with Crippen LogP contribution in [0.15, 0.2) is 11.9 Å². The molecule has 68 valence electrons. The Bertz CT molecular complexity index is 215. The van der Waals surface area contributed by atoms with Gasteiger partial charge in [-0.25, -0.2) is 4.79 Å². The molecule has 0 aromatic carbocycles. The van der Waals surface area contributed by atoms with Gasteiger partial charge in [0.1, 0.15) is 0 Å². The lowest BCUT2D eigenvalue weighted by Gasteiger charge is -2.05. The van der Waals surface area contributed by atoms with Crippen LogP contribution in [0.2, 0.25) is 0 Å². The van der Waals surface area contributed by atoms with Crippen LogP contribution in [0.1, 0.15) is 6.42 Å². The smallest absolute Gasteiger partial charge is 0.364 e. The van der Waals surface area contributed by atoms with E-state index >= 15 is 0 Å². The maximum atomic E-state index is 12.5. The van der Waals surface area contributed by atoms with E-state index in [2.05, 4.69) is 4.90 Å². The Kier molecular flexibility index (Phi) is 2.81. The number of aliphatic carboxylic acids is 1. The minimum atomic E-state index is -1.47. The van der Waals surface area contributed by atoms with Crippen LogP contribution in [0, 0.1) is 5.92 Å². The molecule has 1 aliphatic rings. The molecule has 0 amide bonds. The molecule has 1 heterocycles. The van der Waals surface area contributed by atoms with Gasteiger partial charge in [0.25, 0.3) is 0 Å². The minimum Gasteiger partial charge on any atom is -0.476 e. The third kappa shape index (κ3) is 2.30. The third-order valence-corrected chi connectivity index (χ3v) is 2.01. The fraction of sp³-hybridized carbons (Fsp3) is 0.625. The Hall–Kier alpha value is -0.900. The highest BCUT2D eigenvalue weighted by Crippen LogP contribution is 2.17. The van der Waals surface area contributed by atoms with E-state index in [1.54, 1.807) is 0 Å². The SMILES string of the molecule is CN1CCC(/C=C(\F)C(=O)O)C1. The molecule has 12 heavy (non-hydrogen) atoms. The summed E-state index contributed by atoms with van der Waals surface area (Å²) in [6.45, 7) is 1.66. The zero-order valence-corrected chi connectivity index (χ0v) is 6.96. The summed E-state index contributed by atoms with van der Waals surface area (Å²) in [5.41, 5.74) is 0. The van der Waals surface area contributed by atoms with Crippen molar-refractivity contribution in [1.82, 2.24) is 4.90 Å². The summed E-state index contributed by atoms with van der Waals surface area (Å²) in [6, 6.07) is 0. The fourth-order valence-electron chi connectivity index (χ4n) is 1.38. The predicted octanol–water partition coefficient (Wildman–Crippen LogP) is 0.876. The maximum absolute atomic E-state index is 12.5. The fourth-order valence-corrected chi connectivity index (χ4v) is 1.38. The third-order valence-electron chi connectivity index (χ3n) is 2.01. The first kappa shape index (κ1) is 9.19. The Morgan fingerprint density at radius 1 is 1.75 bits per heavy atom. The van der Waals surface area contributed by atoms with E-state index in [1.807, 2.05) is 7.05 Å². The molecular weight excluding hydrogens is 161 g/mol. The summed E-state index contributed by atoms with van der Waals surface area (Å²) in [5.74, 6) is -2.44. The van der Waals surface area contributed by atoms with Crippen molar-refractivity contribution in [3.05, 3.63) is 11.9 Å². The number of carboxylic acid groups (broad SMARTS) is 1. The summed E-state index contributed by atoms with van der Waals surface area (Å²) < 4.78 is 12.5. The largest absolute Gasteiger partial charge is 0.476 e. The molecule has 0 bridgehead atoms. The molecule has 1 fully saturated rings. The number of rotatable bonds is 2. The molecule has 1 rings (SSSR count). The summed E-state index contributed by atoms with van der Waals surface area (Å²) in [7, 11) is 1.94. The van der Waals surface area contributed by atoms with E-state index in [4.69, 9.17) is 5.11 Å². The Morgan fingerprint density at radius 2 is 2.42 bits per heavy atom. The van der Waals surface area contributed by atoms with Crippen LogP contribution < -0.4 is 0 Å². The number of hydrogen-bond acceptors (Lipinski definition) is 2. The van der Waals surface area contributed by atoms with Gasteiger partial charge in [-0.3, -0.25) is 0 Å². The highest BCUT2D eigenvalue weighted by atomic mass is 19.1. The molecule has 0 saturated carbocycles. The molecular formula is C8H12FNO2. The predicted molar refractivity (Wildman–Crippen MR) is 42.4 cm³/mol. The van der Waals surface area contributed by atoms with E-state index in [-0.39, 0.29) is 5.92 Å². The lowest BCUT2D eigenvalue weighted by atomic mass is 10.1. The van der Waals surface area contributed by atoms with Crippen LogP contribution in [0.4, 0.5) is 4.39 Å². The van der Waals surface area contributed by atoms with Crippen LogP contribution in [0.3, 0.4) is 0 Å². The first-order valence-electron chi connectivity index (χ1n) is 3.88. The van der Waals surface area contributed by atoms with Gasteiger partial charge in [-0.15, -0.1) is 0 Å². The van der Waals surface area contributed by atoms with Crippen molar-refractivity contribution in [2.45, 2.75) is 6.42 Å². The van der Waals surface area contributed by atoms with Gasteiger partial charge in [0.15, 0.2) is 0 Å². The molecule has 0 radical (unpaired) electrons. The van der Waals surface area contributed by atoms with Crippen LogP contribution in [0.5, 0.6) is 0 Å². The normalized spacial score (nSPS) is 26.2. The highest BCUT2D eigenvalue weighted by Gasteiger charge is 2.19. The van der Waals surface area contributed by atoms with Crippen LogP contribution in [-0.4, -0.2) is 36.1 Å². The molecule has 0 spiro atoms. The quantitative estimate of drug-likeness (QED) is 0.630. The highest BCUT2D eigenvalue weighted by molar-refractivity contribution is 5.83. The zero-order valence-electron chi connectivity index (χ0n) is 6.96. The summed E-state index contributed by atoms with van der Waals surface area (Å²) >= 11 is 0. The molecule has 3 nitrogen and oxygen atoms in total. The van der Waals surface area contributed by atoms with Crippen molar-refractivity contribution in [3.63, 3.8) is 0 Å². The van der Waals surface area contributed by atoms with Crippen molar-refractivity contribution >= 4 is 5.97 Å². The lowest BCUT2D eigenvalue weighted by molar-refractivity contribution is -0.134. The average molecular weight is 173 g/mol. The molecule has 1 N–H and O–H groups in total. The summed E-state index contributed by atoms with van der Waals surface area (Å²) in [5, 5.41) is 8.25. The Labute approximate surface area is 70.5 Å². The van der Waals surface area contributed by atoms with E-state index in [9.17, 15) is 9.18 Å². The molecule has 0 aliphatic carbocycles. The number of halogens is 1. The maximum Gasteiger partial charge on any atom is 0.364 e. The van der Waals surface area contributed by atoms with Gasteiger partial charge in [0, 0.05) is 6.54 Å². The van der Waals surface area contributed by atoms with Gasteiger partial charge in [0.2, 0.25) is 5.83 Å². The summed E-state index contributed by atoms with van der Waals surface area (Å²) in [4.78, 5) is 12.2. The second kappa shape index (κ2) is 3.67. The number of likely N-dealkylation sites (tertiary alicyclic amines) is 1. The van der Waals surface area contributed by atoms with Crippen LogP contribution >= 0.6 is 0 Å². The zero-order chi connectivity index (χ0) is 9.14. The number of hydrogen-bond donors (Lipinski definition) is 1. The van der Waals surface area contributed by atoms with E-state index in [0.717, 1.165) is 19.5 Å². The van der Waals surface area contributed by atoms with Crippen molar-refractivity contribution < 1.29 is 14.3 Å². The molecule has 1 unspecified atom stereocenters. The van der Waals surface area contributed by atoms with Crippen molar-refractivity contribution in [1.29, 1.82) is 0 Å². The number of carboxylic acids is 1. The lowest BCUT2D eigenvalue weighted by Crippen LogP contribution is -2.13. The van der Waals surface area contributed by atoms with Gasteiger partial charge in [-0.05, 0) is 32.0 Å². The van der Waals surface area contributed by atoms with Gasteiger partial charge >= 0.3 is 5.97 Å². The van der Waals surface area contributed by atoms with E-state index in [1.165, 1.54) is 6.08 Å². The number of nitrogens with zero attached hydrogens (tertiary/aromatic N) is 1. The minimum absolute atomic E-state index is 0.0612. The van der Waals surface area contributed by atoms with Crippen LogP contribution in [-0.2, 0) is 4.79 Å². The molecule has 1 saturated heterocycles. The van der Waals surface area contributed by atoms with E-state index in [0.29, 0.717) is 0 Å². The second-order valence-corrected chi connectivity index (χ2v) is 3.13. The van der Waals surface area contributed by atoms with Crippen molar-refractivity contribution in [2.75, 3.05) is 20.1 Å². The molecule has 4 heteroatoms. The van der Waals surface area contributed by atoms with Crippen molar-refractivity contribution in [3.8, 4) is 0 Å². The second-order valence-electron chi connectivity index (χ2n) is 3.13. The first-order valence-corrected chi connectivity index (χ1v) is 3.88. The van der Waals surface area contributed by atoms with Gasteiger partial charge < -0.3 is 10.0 Å². The summed E-state index contributed by atoms with van der Waals surface area (Å²) in [6.07, 6.45) is 2.04. The van der Waals surface area contributed by atoms with Crippen molar-refractivity contribution in [2.24, 2.45) is 5.92 Å². The van der Waals surface area contributed by atoms with Crippen LogP contribution in [0.25, 0.3) is 0 Å². The standard InChI is InChI=1S/C8H12FNO2/c1-10-3-2-6(5-10)4-7(9)8(11)12/h4,6H,2-3,5H2,1H3,(H,11,12)/b7-4-. The number of carbonyl (C=O) groups is 1. The average Bonchev–Trinajstić information content (AvgIpc) is 2.35. The monoisotopic (exact) mass is 173 g/mol. The Balaban J connectivity index is 2.50. The molecule has 1 aliphatic heterocycles. The topological polar surface area (TPSA) is 40.5 Å². The Morgan fingerprint density at radius 3 is 2.83 bits per heavy atom. The van der Waals surface area contributed by atoms with E-state index < -0.39 is 11.8 Å². The van der Waals surface area contributed by atoms with Gasteiger partial charge in [0.05, 0.1) is 0 Å². The molecule has 0 aromatic rings. The van der Waals surface area contributed by atoms with Gasteiger partial charge in [-0.2, -0.15) is 4.39 Å². The molecule has 0 aromatic heterocycles. The molecule has 1 atom stereocenters. The first-order chi connectivity index (χ1) is 5.59. The van der Waals surface area contributed by atoms with Gasteiger partial charge in [-0.1, -0.05) is 0 Å².